The largest absolute Gasteiger partial charge is 0.494 e. The van der Waals surface area contributed by atoms with Gasteiger partial charge in [-0.25, -0.2) is 0 Å². The number of ether oxygens (including phenoxy) is 3. The van der Waals surface area contributed by atoms with Crippen LogP contribution in [0.3, 0.4) is 0 Å². The molecule has 7 nitrogen and oxygen atoms in total. The molecule has 48 heavy (non-hydrogen) atoms. The molecule has 3 aliphatic rings. The molecule has 2 fully saturated rings. The van der Waals surface area contributed by atoms with Crippen LogP contribution in [0.25, 0.3) is 0 Å². The standard InChI is InChI=1S/C41H54O7/c1-3-4-5-6-7-8-9-10-11-12-13-14-15-16-17-20-27-46-30-25-23-29(24-26-30)37-36-35(39(44)48-40(36)45)31-21-18-19-22-32(31)41(37,2)33-28-34(42)47-38(33)43/h18-19,21-26,33,35-37H,3-17,20,27-28H2,1-2H3. The van der Waals surface area contributed by atoms with Gasteiger partial charge in [0.25, 0.3) is 0 Å². The Labute approximate surface area is 286 Å². The average Bonchev–Trinajstić information content (AvgIpc) is 3.59. The number of rotatable bonds is 20. The Morgan fingerprint density at radius 3 is 1.79 bits per heavy atom. The maximum Gasteiger partial charge on any atom is 0.321 e. The quantitative estimate of drug-likeness (QED) is 0.0795. The highest BCUT2D eigenvalue weighted by Crippen LogP contribution is 2.61. The number of esters is 4. The van der Waals surface area contributed by atoms with Gasteiger partial charge in [-0.2, -0.15) is 0 Å². The minimum absolute atomic E-state index is 0.0823. The minimum Gasteiger partial charge on any atom is -0.494 e. The molecule has 5 atom stereocenters. The van der Waals surface area contributed by atoms with Gasteiger partial charge in [-0.3, -0.25) is 19.2 Å². The molecule has 5 unspecified atom stereocenters. The summed E-state index contributed by atoms with van der Waals surface area (Å²) < 4.78 is 16.3. The number of carbonyl (C=O) groups is 4. The summed E-state index contributed by atoms with van der Waals surface area (Å²) in [5.74, 6) is -4.60. The molecule has 0 radical (unpaired) electrons. The number of unbranched alkanes of at least 4 members (excludes halogenated alkanes) is 15. The molecule has 1 aliphatic carbocycles. The van der Waals surface area contributed by atoms with E-state index in [4.69, 9.17) is 14.2 Å². The van der Waals surface area contributed by atoms with Crippen molar-refractivity contribution in [2.45, 2.75) is 140 Å². The van der Waals surface area contributed by atoms with Gasteiger partial charge in [0.1, 0.15) is 5.75 Å². The molecule has 0 amide bonds. The van der Waals surface area contributed by atoms with E-state index in [1.54, 1.807) is 0 Å². The van der Waals surface area contributed by atoms with Crippen LogP contribution in [0.5, 0.6) is 5.75 Å². The fraction of sp³-hybridized carbons (Fsp3) is 0.610. The number of cyclic esters (lactones) is 4. The molecule has 2 aliphatic heterocycles. The van der Waals surface area contributed by atoms with Crippen molar-refractivity contribution in [2.75, 3.05) is 6.61 Å². The molecule has 260 valence electrons. The average molecular weight is 659 g/mol. The predicted molar refractivity (Wildman–Crippen MR) is 185 cm³/mol. The number of carbonyl (C=O) groups excluding carboxylic acids is 4. The van der Waals surface area contributed by atoms with Gasteiger partial charge >= 0.3 is 23.9 Å². The zero-order chi connectivity index (χ0) is 33.9. The summed E-state index contributed by atoms with van der Waals surface area (Å²) in [4.78, 5) is 51.6. The summed E-state index contributed by atoms with van der Waals surface area (Å²) in [5, 5.41) is 0. The first-order chi connectivity index (χ1) is 23.4. The lowest BCUT2D eigenvalue weighted by atomic mass is 9.51. The SMILES string of the molecule is CCCCCCCCCCCCCCCCCCOc1ccc(C2C3C(=O)OC(=O)C3c3ccccc3C2(C)C2CC(=O)OC2=O)cc1. The van der Waals surface area contributed by atoms with E-state index in [1.165, 1.54) is 89.9 Å². The van der Waals surface area contributed by atoms with Crippen molar-refractivity contribution in [1.82, 2.24) is 0 Å². The van der Waals surface area contributed by atoms with E-state index < -0.39 is 53.0 Å². The Kier molecular flexibility index (Phi) is 12.9. The smallest absolute Gasteiger partial charge is 0.321 e. The maximum atomic E-state index is 13.3. The third-order valence-corrected chi connectivity index (χ3v) is 11.1. The fourth-order valence-corrected chi connectivity index (χ4v) is 8.46. The lowest BCUT2D eigenvalue weighted by Crippen LogP contribution is -2.49. The summed E-state index contributed by atoms with van der Waals surface area (Å²) in [6.45, 7) is 4.82. The first kappa shape index (κ1) is 35.8. The highest BCUT2D eigenvalue weighted by atomic mass is 16.6. The number of fused-ring (bicyclic) bond motifs is 3. The molecule has 7 heteroatoms. The molecule has 0 spiro atoms. The Balaban J connectivity index is 1.10. The van der Waals surface area contributed by atoms with E-state index in [1.807, 2.05) is 55.5 Å². The lowest BCUT2D eigenvalue weighted by molar-refractivity contribution is -0.156. The van der Waals surface area contributed by atoms with Crippen molar-refractivity contribution in [2.24, 2.45) is 11.8 Å². The summed E-state index contributed by atoms with van der Waals surface area (Å²) in [5.41, 5.74) is 1.24. The summed E-state index contributed by atoms with van der Waals surface area (Å²) >= 11 is 0. The van der Waals surface area contributed by atoms with Crippen molar-refractivity contribution >= 4 is 23.9 Å². The predicted octanol–water partition coefficient (Wildman–Crippen LogP) is 9.25. The van der Waals surface area contributed by atoms with Crippen LogP contribution in [0.4, 0.5) is 0 Å². The van der Waals surface area contributed by atoms with E-state index in [2.05, 4.69) is 6.92 Å². The van der Waals surface area contributed by atoms with Crippen LogP contribution >= 0.6 is 0 Å². The third kappa shape index (κ3) is 8.20. The Morgan fingerprint density at radius 2 is 1.23 bits per heavy atom. The van der Waals surface area contributed by atoms with Crippen LogP contribution in [0, 0.1) is 11.8 Å². The van der Waals surface area contributed by atoms with E-state index in [0.29, 0.717) is 12.2 Å². The Hall–Kier alpha value is -3.48. The van der Waals surface area contributed by atoms with Crippen molar-refractivity contribution in [1.29, 1.82) is 0 Å². The van der Waals surface area contributed by atoms with Crippen LogP contribution < -0.4 is 4.74 Å². The minimum atomic E-state index is -0.986. The van der Waals surface area contributed by atoms with Crippen LogP contribution in [0.15, 0.2) is 48.5 Å². The van der Waals surface area contributed by atoms with Crippen LogP contribution in [0.2, 0.25) is 0 Å². The van der Waals surface area contributed by atoms with Crippen molar-refractivity contribution in [3.05, 3.63) is 65.2 Å². The second-order valence-corrected chi connectivity index (χ2v) is 14.4. The van der Waals surface area contributed by atoms with E-state index in [-0.39, 0.29) is 6.42 Å². The maximum absolute atomic E-state index is 13.3. The summed E-state index contributed by atoms with van der Waals surface area (Å²) in [6.07, 6.45) is 21.1. The molecule has 0 bridgehead atoms. The van der Waals surface area contributed by atoms with Gasteiger partial charge in [0.05, 0.1) is 30.8 Å². The normalized spacial score (nSPS) is 24.7. The molecule has 0 aromatic heterocycles. The molecule has 0 saturated carbocycles. The van der Waals surface area contributed by atoms with Crippen molar-refractivity contribution < 1.29 is 33.4 Å². The second-order valence-electron chi connectivity index (χ2n) is 14.4. The van der Waals surface area contributed by atoms with Crippen LogP contribution in [-0.2, 0) is 34.1 Å². The van der Waals surface area contributed by atoms with E-state index in [9.17, 15) is 19.2 Å². The summed E-state index contributed by atoms with van der Waals surface area (Å²) in [6, 6.07) is 15.0. The topological polar surface area (TPSA) is 96.0 Å². The number of hydrogen-bond acceptors (Lipinski definition) is 7. The Morgan fingerprint density at radius 1 is 0.667 bits per heavy atom. The van der Waals surface area contributed by atoms with E-state index in [0.717, 1.165) is 29.7 Å². The number of hydrogen-bond donors (Lipinski definition) is 0. The van der Waals surface area contributed by atoms with Crippen molar-refractivity contribution in [3.63, 3.8) is 0 Å². The van der Waals surface area contributed by atoms with Crippen molar-refractivity contribution in [3.8, 4) is 5.75 Å². The van der Waals surface area contributed by atoms with Gasteiger partial charge in [0.2, 0.25) is 0 Å². The summed E-state index contributed by atoms with van der Waals surface area (Å²) in [7, 11) is 0. The van der Waals surface area contributed by atoms with E-state index >= 15 is 0 Å². The van der Waals surface area contributed by atoms with Crippen LogP contribution in [0.1, 0.15) is 152 Å². The second kappa shape index (κ2) is 17.3. The fourth-order valence-electron chi connectivity index (χ4n) is 8.46. The zero-order valence-corrected chi connectivity index (χ0v) is 29.0. The molecular weight excluding hydrogens is 604 g/mol. The number of benzene rings is 2. The third-order valence-electron chi connectivity index (χ3n) is 11.1. The first-order valence-electron chi connectivity index (χ1n) is 18.7. The first-order valence-corrected chi connectivity index (χ1v) is 18.7. The Bertz CT molecular complexity index is 1400. The highest BCUT2D eigenvalue weighted by molar-refractivity contribution is 6.02. The lowest BCUT2D eigenvalue weighted by Gasteiger charge is -2.48. The van der Waals surface area contributed by atoms with Gasteiger partial charge < -0.3 is 14.2 Å². The highest BCUT2D eigenvalue weighted by Gasteiger charge is 2.64. The molecule has 2 aromatic carbocycles. The molecule has 2 heterocycles. The monoisotopic (exact) mass is 658 g/mol. The van der Waals surface area contributed by atoms with Gasteiger partial charge in [-0.15, -0.1) is 0 Å². The molecule has 2 saturated heterocycles. The molecule has 2 aromatic rings. The zero-order valence-electron chi connectivity index (χ0n) is 29.0. The van der Waals surface area contributed by atoms with Gasteiger partial charge in [0, 0.05) is 11.3 Å². The van der Waals surface area contributed by atoms with Crippen LogP contribution in [-0.4, -0.2) is 30.5 Å². The van der Waals surface area contributed by atoms with Gasteiger partial charge in [-0.1, -0.05) is 147 Å². The molecule has 0 N–H and O–H groups in total. The molecule has 5 rings (SSSR count). The van der Waals surface area contributed by atoms with Gasteiger partial charge in [0.15, 0.2) is 0 Å². The van der Waals surface area contributed by atoms with Gasteiger partial charge in [-0.05, 0) is 35.2 Å². The molecular formula is C41H54O7.